The molecule has 0 aliphatic carbocycles. The molecule has 1 N–H and O–H groups in total. The molecule has 0 radical (unpaired) electrons. The van der Waals surface area contributed by atoms with Gasteiger partial charge in [0.2, 0.25) is 0 Å². The van der Waals surface area contributed by atoms with Gasteiger partial charge < -0.3 is 10.1 Å². The second-order valence-electron chi connectivity index (χ2n) is 6.96. The van der Waals surface area contributed by atoms with Gasteiger partial charge in [0, 0.05) is 19.2 Å². The highest BCUT2D eigenvalue weighted by atomic mass is 16.5. The van der Waals surface area contributed by atoms with Gasteiger partial charge >= 0.3 is 0 Å². The van der Waals surface area contributed by atoms with Crippen LogP contribution in [0, 0.1) is 5.92 Å². The minimum Gasteiger partial charge on any atom is -0.375 e. The maximum absolute atomic E-state index is 5.87. The van der Waals surface area contributed by atoms with E-state index >= 15 is 0 Å². The Morgan fingerprint density at radius 2 is 2.16 bits per heavy atom. The molecule has 19 heavy (non-hydrogen) atoms. The summed E-state index contributed by atoms with van der Waals surface area (Å²) in [4.78, 5) is 2.75. The first-order chi connectivity index (χ1) is 9.11. The number of piperidine rings is 1. The number of hydrogen-bond donors (Lipinski definition) is 1. The molecule has 2 aliphatic rings. The van der Waals surface area contributed by atoms with Crippen LogP contribution in [0.25, 0.3) is 0 Å². The van der Waals surface area contributed by atoms with E-state index in [2.05, 4.69) is 31.0 Å². The molecular weight excluding hydrogens is 236 g/mol. The molecule has 3 nitrogen and oxygen atoms in total. The Hall–Kier alpha value is -0.120. The van der Waals surface area contributed by atoms with E-state index in [-0.39, 0.29) is 5.60 Å². The predicted octanol–water partition coefficient (Wildman–Crippen LogP) is 2.66. The average molecular weight is 268 g/mol. The second kappa shape index (κ2) is 7.05. The molecule has 112 valence electrons. The number of ether oxygens (including phenoxy) is 1. The largest absolute Gasteiger partial charge is 0.375 e. The maximum atomic E-state index is 5.87. The summed E-state index contributed by atoms with van der Waals surface area (Å²) in [6, 6.07) is 0.727. The highest BCUT2D eigenvalue weighted by Crippen LogP contribution is 2.28. The van der Waals surface area contributed by atoms with Crippen molar-refractivity contribution in [2.45, 2.75) is 64.5 Å². The molecule has 2 fully saturated rings. The first-order valence-corrected chi connectivity index (χ1v) is 8.19. The Balaban J connectivity index is 1.90. The third kappa shape index (κ3) is 4.73. The third-order valence-corrected chi connectivity index (χ3v) is 4.59. The van der Waals surface area contributed by atoms with E-state index in [1.807, 2.05) is 0 Å². The maximum Gasteiger partial charge on any atom is 0.0641 e. The second-order valence-corrected chi connectivity index (χ2v) is 6.96. The van der Waals surface area contributed by atoms with E-state index in [0.717, 1.165) is 18.6 Å². The summed E-state index contributed by atoms with van der Waals surface area (Å²) in [6.07, 6.45) is 6.42. The lowest BCUT2D eigenvalue weighted by Gasteiger charge is -2.42. The summed E-state index contributed by atoms with van der Waals surface area (Å²) in [5.74, 6) is 0.853. The molecule has 2 unspecified atom stereocenters. The van der Waals surface area contributed by atoms with Crippen molar-refractivity contribution in [2.75, 3.05) is 32.8 Å². The van der Waals surface area contributed by atoms with Crippen molar-refractivity contribution >= 4 is 0 Å². The Bertz CT molecular complexity index is 261. The van der Waals surface area contributed by atoms with Crippen LogP contribution in [0.2, 0.25) is 0 Å². The summed E-state index contributed by atoms with van der Waals surface area (Å²) >= 11 is 0. The van der Waals surface area contributed by atoms with Crippen LogP contribution < -0.4 is 5.32 Å². The van der Waals surface area contributed by atoms with Crippen LogP contribution in [-0.2, 0) is 4.74 Å². The number of nitrogens with zero attached hydrogens (tertiary/aromatic N) is 1. The van der Waals surface area contributed by atoms with Gasteiger partial charge in [0.25, 0.3) is 0 Å². The Labute approximate surface area is 119 Å². The van der Waals surface area contributed by atoms with Crippen LogP contribution >= 0.6 is 0 Å². The van der Waals surface area contributed by atoms with Gasteiger partial charge in [-0.25, -0.2) is 0 Å². The molecule has 2 aliphatic heterocycles. The first-order valence-electron chi connectivity index (χ1n) is 8.19. The van der Waals surface area contributed by atoms with Crippen molar-refractivity contribution in [2.24, 2.45) is 5.92 Å². The molecule has 0 aromatic carbocycles. The highest BCUT2D eigenvalue weighted by Gasteiger charge is 2.32. The van der Waals surface area contributed by atoms with Crippen LogP contribution in [0.5, 0.6) is 0 Å². The summed E-state index contributed by atoms with van der Waals surface area (Å²) in [5.41, 5.74) is 0.0692. The summed E-state index contributed by atoms with van der Waals surface area (Å²) in [6.45, 7) is 12.7. The van der Waals surface area contributed by atoms with E-state index in [9.17, 15) is 0 Å². The quantitative estimate of drug-likeness (QED) is 0.829. The number of rotatable bonds is 5. The molecule has 2 saturated heterocycles. The first kappa shape index (κ1) is 15.3. The zero-order chi connectivity index (χ0) is 13.7. The fraction of sp³-hybridized carbons (Fsp3) is 1.00. The molecule has 0 bridgehead atoms. The smallest absolute Gasteiger partial charge is 0.0641 e. The van der Waals surface area contributed by atoms with Gasteiger partial charge in [-0.1, -0.05) is 6.92 Å². The molecule has 0 amide bonds. The van der Waals surface area contributed by atoms with Crippen molar-refractivity contribution in [1.82, 2.24) is 10.2 Å². The molecule has 3 heteroatoms. The van der Waals surface area contributed by atoms with Crippen molar-refractivity contribution in [3.8, 4) is 0 Å². The fourth-order valence-corrected chi connectivity index (χ4v) is 3.63. The van der Waals surface area contributed by atoms with Gasteiger partial charge in [0.1, 0.15) is 0 Å². The van der Waals surface area contributed by atoms with Gasteiger partial charge in [-0.2, -0.15) is 0 Å². The Morgan fingerprint density at radius 1 is 1.32 bits per heavy atom. The molecule has 2 atom stereocenters. The molecular formula is C16H32N2O. The van der Waals surface area contributed by atoms with Crippen molar-refractivity contribution in [1.29, 1.82) is 0 Å². The lowest BCUT2D eigenvalue weighted by atomic mass is 9.91. The normalized spacial score (nSPS) is 31.6. The average Bonchev–Trinajstić information content (AvgIpc) is 2.38. The summed E-state index contributed by atoms with van der Waals surface area (Å²) in [7, 11) is 0. The van der Waals surface area contributed by atoms with Gasteiger partial charge in [0.05, 0.1) is 5.60 Å². The molecule has 2 rings (SSSR count). The van der Waals surface area contributed by atoms with E-state index in [0.29, 0.717) is 0 Å². The monoisotopic (exact) mass is 268 g/mol. The van der Waals surface area contributed by atoms with E-state index in [1.54, 1.807) is 0 Å². The minimum absolute atomic E-state index is 0.0692. The zero-order valence-corrected chi connectivity index (χ0v) is 13.1. The molecule has 0 spiro atoms. The fourth-order valence-electron chi connectivity index (χ4n) is 3.63. The Kier molecular flexibility index (Phi) is 5.67. The SMILES string of the molecule is CCCN(CC1CCCNC1)C1CCOC(C)(C)C1. The summed E-state index contributed by atoms with van der Waals surface area (Å²) in [5, 5.41) is 3.55. The van der Waals surface area contributed by atoms with Crippen LogP contribution in [0.4, 0.5) is 0 Å². The van der Waals surface area contributed by atoms with Crippen LogP contribution in [0.1, 0.15) is 52.9 Å². The van der Waals surface area contributed by atoms with Crippen molar-refractivity contribution in [3.63, 3.8) is 0 Å². The Morgan fingerprint density at radius 3 is 2.79 bits per heavy atom. The lowest BCUT2D eigenvalue weighted by molar-refractivity contribution is -0.0851. The topological polar surface area (TPSA) is 24.5 Å². The van der Waals surface area contributed by atoms with Crippen molar-refractivity contribution < 1.29 is 4.74 Å². The third-order valence-electron chi connectivity index (χ3n) is 4.59. The lowest BCUT2D eigenvalue weighted by Crippen LogP contribution is -2.49. The predicted molar refractivity (Wildman–Crippen MR) is 80.5 cm³/mol. The molecule has 2 heterocycles. The van der Waals surface area contributed by atoms with Crippen molar-refractivity contribution in [3.05, 3.63) is 0 Å². The van der Waals surface area contributed by atoms with Crippen LogP contribution in [-0.4, -0.2) is 49.3 Å². The highest BCUT2D eigenvalue weighted by molar-refractivity contribution is 4.86. The number of nitrogens with one attached hydrogen (secondary N) is 1. The molecule has 0 aromatic heterocycles. The van der Waals surface area contributed by atoms with Gasteiger partial charge in [-0.3, -0.25) is 4.90 Å². The minimum atomic E-state index is 0.0692. The van der Waals surface area contributed by atoms with Gasteiger partial charge in [-0.05, 0) is 71.5 Å². The van der Waals surface area contributed by atoms with E-state index in [4.69, 9.17) is 4.74 Å². The molecule has 0 aromatic rings. The van der Waals surface area contributed by atoms with Crippen LogP contribution in [0.15, 0.2) is 0 Å². The van der Waals surface area contributed by atoms with Crippen LogP contribution in [0.3, 0.4) is 0 Å². The van der Waals surface area contributed by atoms with E-state index < -0.39 is 0 Å². The standard InChI is InChI=1S/C16H32N2O/c1-4-9-18(13-14-6-5-8-17-12-14)15-7-10-19-16(2,3)11-15/h14-15,17H,4-13H2,1-3H3. The van der Waals surface area contributed by atoms with Gasteiger partial charge in [0.15, 0.2) is 0 Å². The number of hydrogen-bond acceptors (Lipinski definition) is 3. The van der Waals surface area contributed by atoms with Gasteiger partial charge in [-0.15, -0.1) is 0 Å². The zero-order valence-electron chi connectivity index (χ0n) is 13.1. The van der Waals surface area contributed by atoms with E-state index in [1.165, 1.54) is 58.3 Å². The molecule has 0 saturated carbocycles. The summed E-state index contributed by atoms with van der Waals surface area (Å²) < 4.78 is 5.87.